The van der Waals surface area contributed by atoms with Crippen molar-refractivity contribution in [3.8, 4) is 0 Å². The molecule has 0 spiro atoms. The number of aromatic nitrogens is 4. The molecule has 1 atom stereocenters. The van der Waals surface area contributed by atoms with Crippen LogP contribution in [0.15, 0.2) is 24.8 Å². The molecule has 0 saturated heterocycles. The van der Waals surface area contributed by atoms with E-state index in [0.29, 0.717) is 19.5 Å². The predicted octanol–water partition coefficient (Wildman–Crippen LogP) is 1.46. The van der Waals surface area contributed by atoms with Gasteiger partial charge in [-0.05, 0) is 31.9 Å². The number of carbonyl (C=O) groups is 1. The molecule has 0 radical (unpaired) electrons. The summed E-state index contributed by atoms with van der Waals surface area (Å²) in [5.74, 6) is 0.0360. The largest absolute Gasteiger partial charge is 0.354 e. The molecule has 20 heavy (non-hydrogen) atoms. The fraction of sp³-hybridized carbons (Fsp3) is 0.500. The lowest BCUT2D eigenvalue weighted by atomic mass is 10.3. The summed E-state index contributed by atoms with van der Waals surface area (Å²) in [7, 11) is 0. The van der Waals surface area contributed by atoms with Crippen molar-refractivity contribution in [1.29, 1.82) is 0 Å². The zero-order valence-electron chi connectivity index (χ0n) is 12.2. The summed E-state index contributed by atoms with van der Waals surface area (Å²) in [5.41, 5.74) is 2.23. The molecular weight excluding hydrogens is 254 g/mol. The van der Waals surface area contributed by atoms with Crippen LogP contribution in [0.2, 0.25) is 0 Å². The van der Waals surface area contributed by atoms with Crippen LogP contribution in [0.4, 0.5) is 0 Å². The molecule has 2 rings (SSSR count). The summed E-state index contributed by atoms with van der Waals surface area (Å²) in [6, 6.07) is 0.152. The highest BCUT2D eigenvalue weighted by molar-refractivity contribution is 5.75. The van der Waals surface area contributed by atoms with Crippen LogP contribution in [-0.2, 0) is 11.3 Å². The highest BCUT2D eigenvalue weighted by Gasteiger charge is 2.08. The second-order valence-corrected chi connectivity index (χ2v) is 5.18. The van der Waals surface area contributed by atoms with E-state index in [0.717, 1.165) is 11.1 Å². The number of hydrogen-bond acceptors (Lipinski definition) is 3. The van der Waals surface area contributed by atoms with Crippen LogP contribution in [0.5, 0.6) is 0 Å². The number of hydrogen-bond donors (Lipinski definition) is 1. The maximum atomic E-state index is 11.8. The molecule has 2 heterocycles. The lowest BCUT2D eigenvalue weighted by Crippen LogP contribution is -2.30. The minimum Gasteiger partial charge on any atom is -0.354 e. The quantitative estimate of drug-likeness (QED) is 0.868. The molecule has 0 bridgehead atoms. The first-order valence-electron chi connectivity index (χ1n) is 6.81. The molecule has 2 aromatic heterocycles. The van der Waals surface area contributed by atoms with E-state index in [9.17, 15) is 4.79 Å². The van der Waals surface area contributed by atoms with Gasteiger partial charge < -0.3 is 5.32 Å². The van der Waals surface area contributed by atoms with Gasteiger partial charge in [-0.1, -0.05) is 0 Å². The van der Waals surface area contributed by atoms with Crippen LogP contribution < -0.4 is 5.32 Å². The number of nitrogens with one attached hydrogen (secondary N) is 1. The zero-order chi connectivity index (χ0) is 14.5. The van der Waals surface area contributed by atoms with Crippen LogP contribution in [0.25, 0.3) is 0 Å². The molecule has 0 unspecified atom stereocenters. The Hall–Kier alpha value is -2.11. The Labute approximate surface area is 118 Å². The van der Waals surface area contributed by atoms with E-state index in [1.807, 2.05) is 44.0 Å². The molecule has 0 saturated carbocycles. The van der Waals surface area contributed by atoms with Crippen molar-refractivity contribution < 1.29 is 4.79 Å². The molecular formula is C14H21N5O. The smallest absolute Gasteiger partial charge is 0.221 e. The molecule has 2 aromatic rings. The maximum Gasteiger partial charge on any atom is 0.221 e. The summed E-state index contributed by atoms with van der Waals surface area (Å²) in [5, 5.41) is 11.3. The van der Waals surface area contributed by atoms with Crippen LogP contribution in [-0.4, -0.2) is 32.0 Å². The number of amides is 1. The van der Waals surface area contributed by atoms with Crippen molar-refractivity contribution in [2.75, 3.05) is 6.54 Å². The third-order valence-electron chi connectivity index (χ3n) is 3.11. The molecule has 0 aliphatic heterocycles. The Kier molecular flexibility index (Phi) is 4.55. The lowest BCUT2D eigenvalue weighted by Gasteiger charge is -2.13. The van der Waals surface area contributed by atoms with Gasteiger partial charge in [-0.3, -0.25) is 14.2 Å². The van der Waals surface area contributed by atoms with Crippen molar-refractivity contribution in [2.45, 2.75) is 39.8 Å². The number of aryl methyl sites for hydroxylation is 3. The van der Waals surface area contributed by atoms with Gasteiger partial charge in [0.1, 0.15) is 0 Å². The van der Waals surface area contributed by atoms with Gasteiger partial charge in [0, 0.05) is 31.9 Å². The minimum absolute atomic E-state index is 0.0360. The van der Waals surface area contributed by atoms with Gasteiger partial charge in [0.15, 0.2) is 0 Å². The molecule has 0 aromatic carbocycles. The summed E-state index contributed by atoms with van der Waals surface area (Å²) in [6.45, 7) is 7.20. The first-order valence-corrected chi connectivity index (χ1v) is 6.81. The average Bonchev–Trinajstić information content (AvgIpc) is 3.02. The minimum atomic E-state index is 0.0360. The summed E-state index contributed by atoms with van der Waals surface area (Å²) in [6.07, 6.45) is 7.95. The Balaban J connectivity index is 1.72. The first kappa shape index (κ1) is 14.3. The highest BCUT2D eigenvalue weighted by atomic mass is 16.1. The molecule has 0 aliphatic carbocycles. The predicted molar refractivity (Wildman–Crippen MR) is 76.3 cm³/mol. The average molecular weight is 275 g/mol. The first-order chi connectivity index (χ1) is 9.54. The molecule has 0 fully saturated rings. The normalized spacial score (nSPS) is 12.3. The molecule has 1 N–H and O–H groups in total. The van der Waals surface area contributed by atoms with E-state index in [4.69, 9.17) is 0 Å². The third-order valence-corrected chi connectivity index (χ3v) is 3.11. The fourth-order valence-electron chi connectivity index (χ4n) is 1.92. The second-order valence-electron chi connectivity index (χ2n) is 5.18. The standard InChI is InChI=1S/C14H21N5O/c1-11-6-16-18(9-11)5-4-14(20)15-8-13(3)19-10-12(2)7-17-19/h6-7,9-10,13H,4-5,8H2,1-3H3,(H,15,20)/t13-/m0/s1. The number of rotatable bonds is 6. The van der Waals surface area contributed by atoms with E-state index < -0.39 is 0 Å². The second kappa shape index (κ2) is 6.36. The Morgan fingerprint density at radius 1 is 1.25 bits per heavy atom. The molecule has 0 aliphatic rings. The Bertz CT molecular complexity index is 572. The van der Waals surface area contributed by atoms with E-state index in [2.05, 4.69) is 15.5 Å². The van der Waals surface area contributed by atoms with Gasteiger partial charge in [-0.2, -0.15) is 10.2 Å². The van der Waals surface area contributed by atoms with Gasteiger partial charge in [-0.15, -0.1) is 0 Å². The van der Waals surface area contributed by atoms with E-state index in [-0.39, 0.29) is 11.9 Å². The topological polar surface area (TPSA) is 64.7 Å². The number of nitrogens with zero attached hydrogens (tertiary/aromatic N) is 4. The highest BCUT2D eigenvalue weighted by Crippen LogP contribution is 2.04. The summed E-state index contributed by atoms with van der Waals surface area (Å²) < 4.78 is 3.65. The van der Waals surface area contributed by atoms with Crippen molar-refractivity contribution in [1.82, 2.24) is 24.9 Å². The van der Waals surface area contributed by atoms with E-state index in [1.54, 1.807) is 10.9 Å². The SMILES string of the molecule is Cc1cnn(CCC(=O)NC[C@H](C)n2cc(C)cn2)c1. The molecule has 6 nitrogen and oxygen atoms in total. The van der Waals surface area contributed by atoms with E-state index in [1.165, 1.54) is 0 Å². The summed E-state index contributed by atoms with van der Waals surface area (Å²) in [4.78, 5) is 11.8. The fourth-order valence-corrected chi connectivity index (χ4v) is 1.92. The zero-order valence-corrected chi connectivity index (χ0v) is 12.2. The van der Waals surface area contributed by atoms with Crippen molar-refractivity contribution in [3.05, 3.63) is 35.9 Å². The van der Waals surface area contributed by atoms with Gasteiger partial charge in [0.25, 0.3) is 0 Å². The van der Waals surface area contributed by atoms with Crippen molar-refractivity contribution in [3.63, 3.8) is 0 Å². The lowest BCUT2D eigenvalue weighted by molar-refractivity contribution is -0.121. The van der Waals surface area contributed by atoms with Gasteiger partial charge in [0.2, 0.25) is 5.91 Å². The van der Waals surface area contributed by atoms with E-state index >= 15 is 0 Å². The van der Waals surface area contributed by atoms with Crippen molar-refractivity contribution in [2.24, 2.45) is 0 Å². The molecule has 1 amide bonds. The Morgan fingerprint density at radius 3 is 2.55 bits per heavy atom. The van der Waals surface area contributed by atoms with Crippen LogP contribution in [0.1, 0.15) is 30.5 Å². The monoisotopic (exact) mass is 275 g/mol. The third kappa shape index (κ3) is 3.94. The summed E-state index contributed by atoms with van der Waals surface area (Å²) >= 11 is 0. The van der Waals surface area contributed by atoms with Gasteiger partial charge in [-0.25, -0.2) is 0 Å². The van der Waals surface area contributed by atoms with Gasteiger partial charge in [0.05, 0.1) is 18.4 Å². The number of carbonyl (C=O) groups excluding carboxylic acids is 1. The van der Waals surface area contributed by atoms with Gasteiger partial charge >= 0.3 is 0 Å². The van der Waals surface area contributed by atoms with Crippen LogP contribution in [0.3, 0.4) is 0 Å². The van der Waals surface area contributed by atoms with Crippen molar-refractivity contribution >= 4 is 5.91 Å². The van der Waals surface area contributed by atoms with Crippen LogP contribution in [0, 0.1) is 13.8 Å². The Morgan fingerprint density at radius 2 is 1.95 bits per heavy atom. The molecule has 6 heteroatoms. The molecule has 108 valence electrons. The van der Waals surface area contributed by atoms with Crippen LogP contribution >= 0.6 is 0 Å². The maximum absolute atomic E-state index is 11.8.